The molecule has 1 aromatic heterocycles. The Hall–Kier alpha value is -1.44. The fourth-order valence-corrected chi connectivity index (χ4v) is 1.92. The van der Waals surface area contributed by atoms with Gasteiger partial charge in [-0.05, 0) is 30.3 Å². The Morgan fingerprint density at radius 1 is 1.29 bits per heavy atom. The molecule has 2 rings (SSSR count). The van der Waals surface area contributed by atoms with Crippen molar-refractivity contribution in [2.45, 2.75) is 0 Å². The van der Waals surface area contributed by atoms with Gasteiger partial charge in [0.1, 0.15) is 17.0 Å². The standard InChI is InChI=1S/C12H5BrClFN2/c13-8-2-3-10(15)9(5-8)11-4-1-7(6-16)12(14)17-11/h1-5H. The van der Waals surface area contributed by atoms with Crippen molar-refractivity contribution in [3.05, 3.63) is 51.3 Å². The average molecular weight is 312 g/mol. The number of aromatic nitrogens is 1. The van der Waals surface area contributed by atoms with Crippen molar-refractivity contribution >= 4 is 27.5 Å². The Morgan fingerprint density at radius 2 is 2.06 bits per heavy atom. The van der Waals surface area contributed by atoms with E-state index in [9.17, 15) is 4.39 Å². The van der Waals surface area contributed by atoms with Gasteiger partial charge in [-0.2, -0.15) is 5.26 Å². The van der Waals surface area contributed by atoms with Crippen LogP contribution in [-0.2, 0) is 0 Å². The molecule has 0 aliphatic heterocycles. The second-order valence-electron chi connectivity index (χ2n) is 3.27. The maximum atomic E-state index is 13.6. The maximum absolute atomic E-state index is 13.6. The van der Waals surface area contributed by atoms with E-state index in [1.54, 1.807) is 18.2 Å². The molecular formula is C12H5BrClFN2. The molecule has 2 aromatic rings. The smallest absolute Gasteiger partial charge is 0.147 e. The summed E-state index contributed by atoms with van der Waals surface area (Å²) >= 11 is 9.06. The van der Waals surface area contributed by atoms with E-state index in [4.69, 9.17) is 16.9 Å². The average Bonchev–Trinajstić information content (AvgIpc) is 2.32. The van der Waals surface area contributed by atoms with E-state index in [0.29, 0.717) is 11.3 Å². The van der Waals surface area contributed by atoms with Gasteiger partial charge in [-0.25, -0.2) is 9.37 Å². The number of nitrogens with zero attached hydrogens (tertiary/aromatic N) is 2. The molecule has 5 heteroatoms. The van der Waals surface area contributed by atoms with Gasteiger partial charge in [-0.1, -0.05) is 27.5 Å². The topological polar surface area (TPSA) is 36.7 Å². The second kappa shape index (κ2) is 4.82. The molecule has 0 aliphatic rings. The Bertz CT molecular complexity index is 622. The number of nitriles is 1. The van der Waals surface area contributed by atoms with Gasteiger partial charge in [0.2, 0.25) is 0 Å². The van der Waals surface area contributed by atoms with Gasteiger partial charge >= 0.3 is 0 Å². The van der Waals surface area contributed by atoms with E-state index in [2.05, 4.69) is 20.9 Å². The van der Waals surface area contributed by atoms with Crippen molar-refractivity contribution in [2.24, 2.45) is 0 Å². The third-order valence-corrected chi connectivity index (χ3v) is 2.95. The largest absolute Gasteiger partial charge is 0.235 e. The molecular weight excluding hydrogens is 307 g/mol. The summed E-state index contributed by atoms with van der Waals surface area (Å²) in [5.41, 5.74) is 1.00. The van der Waals surface area contributed by atoms with Crippen LogP contribution >= 0.6 is 27.5 Å². The lowest BCUT2D eigenvalue weighted by atomic mass is 10.1. The summed E-state index contributed by atoms with van der Waals surface area (Å²) < 4.78 is 14.3. The maximum Gasteiger partial charge on any atom is 0.147 e. The number of pyridine rings is 1. The van der Waals surface area contributed by atoms with Crippen LogP contribution in [0.3, 0.4) is 0 Å². The van der Waals surface area contributed by atoms with Crippen LogP contribution in [0.15, 0.2) is 34.8 Å². The molecule has 0 fully saturated rings. The van der Waals surface area contributed by atoms with Crippen LogP contribution in [0.5, 0.6) is 0 Å². The Kier molecular flexibility index (Phi) is 3.41. The normalized spacial score (nSPS) is 10.0. The molecule has 1 aromatic carbocycles. The third kappa shape index (κ3) is 2.46. The SMILES string of the molecule is N#Cc1ccc(-c2cc(Br)ccc2F)nc1Cl. The molecule has 1 heterocycles. The minimum Gasteiger partial charge on any atom is -0.235 e. The van der Waals surface area contributed by atoms with Crippen LogP contribution in [0.1, 0.15) is 5.56 Å². The first-order chi connectivity index (χ1) is 8.11. The number of rotatable bonds is 1. The first-order valence-electron chi connectivity index (χ1n) is 4.64. The molecule has 0 amide bonds. The Labute approximate surface area is 111 Å². The van der Waals surface area contributed by atoms with Crippen molar-refractivity contribution in [3.63, 3.8) is 0 Å². The van der Waals surface area contributed by atoms with Gasteiger partial charge in [0.05, 0.1) is 11.3 Å². The zero-order valence-electron chi connectivity index (χ0n) is 8.42. The van der Waals surface area contributed by atoms with Crippen LogP contribution in [0.4, 0.5) is 4.39 Å². The summed E-state index contributed by atoms with van der Waals surface area (Å²) in [7, 11) is 0. The predicted molar refractivity (Wildman–Crippen MR) is 67.1 cm³/mol. The molecule has 0 atom stereocenters. The van der Waals surface area contributed by atoms with Crippen LogP contribution in [-0.4, -0.2) is 4.98 Å². The molecule has 0 bridgehead atoms. The van der Waals surface area contributed by atoms with Crippen molar-refractivity contribution in [1.82, 2.24) is 4.98 Å². The molecule has 0 unspecified atom stereocenters. The summed E-state index contributed by atoms with van der Waals surface area (Å²) in [6, 6.07) is 9.54. The Morgan fingerprint density at radius 3 is 2.71 bits per heavy atom. The lowest BCUT2D eigenvalue weighted by Crippen LogP contribution is -1.90. The molecule has 0 saturated heterocycles. The van der Waals surface area contributed by atoms with E-state index in [0.717, 1.165) is 4.47 Å². The van der Waals surface area contributed by atoms with E-state index in [1.807, 2.05) is 6.07 Å². The molecule has 17 heavy (non-hydrogen) atoms. The highest BCUT2D eigenvalue weighted by atomic mass is 79.9. The van der Waals surface area contributed by atoms with E-state index in [-0.39, 0.29) is 16.5 Å². The predicted octanol–water partition coefficient (Wildman–Crippen LogP) is 4.18. The Balaban J connectivity index is 2.58. The highest BCUT2D eigenvalue weighted by molar-refractivity contribution is 9.10. The van der Waals surface area contributed by atoms with Gasteiger partial charge in [0.15, 0.2) is 0 Å². The zero-order chi connectivity index (χ0) is 12.4. The van der Waals surface area contributed by atoms with Gasteiger partial charge < -0.3 is 0 Å². The number of hydrogen-bond donors (Lipinski definition) is 0. The zero-order valence-corrected chi connectivity index (χ0v) is 10.8. The van der Waals surface area contributed by atoms with Gasteiger partial charge in [0, 0.05) is 10.0 Å². The second-order valence-corrected chi connectivity index (χ2v) is 4.54. The monoisotopic (exact) mass is 310 g/mol. The fraction of sp³-hybridized carbons (Fsp3) is 0. The molecule has 0 aliphatic carbocycles. The molecule has 0 spiro atoms. The molecule has 2 nitrogen and oxygen atoms in total. The lowest BCUT2D eigenvalue weighted by molar-refractivity contribution is 0.630. The van der Waals surface area contributed by atoms with Crippen LogP contribution in [0.25, 0.3) is 11.3 Å². The van der Waals surface area contributed by atoms with Crippen LogP contribution < -0.4 is 0 Å². The molecule has 84 valence electrons. The number of hydrogen-bond acceptors (Lipinski definition) is 2. The summed E-state index contributed by atoms with van der Waals surface area (Å²) in [5.74, 6) is -0.388. The summed E-state index contributed by atoms with van der Waals surface area (Å²) in [5, 5.41) is 8.80. The number of halogens is 3. The molecule has 0 saturated carbocycles. The van der Waals surface area contributed by atoms with Crippen molar-refractivity contribution in [3.8, 4) is 17.3 Å². The highest BCUT2D eigenvalue weighted by Crippen LogP contribution is 2.26. The summed E-state index contributed by atoms with van der Waals surface area (Å²) in [6.07, 6.45) is 0. The summed E-state index contributed by atoms with van der Waals surface area (Å²) in [6.45, 7) is 0. The van der Waals surface area contributed by atoms with Crippen molar-refractivity contribution < 1.29 is 4.39 Å². The summed E-state index contributed by atoms with van der Waals surface area (Å²) in [4.78, 5) is 4.00. The number of benzene rings is 1. The fourth-order valence-electron chi connectivity index (χ4n) is 1.36. The highest BCUT2D eigenvalue weighted by Gasteiger charge is 2.09. The first-order valence-corrected chi connectivity index (χ1v) is 5.81. The van der Waals surface area contributed by atoms with Crippen molar-refractivity contribution in [2.75, 3.05) is 0 Å². The van der Waals surface area contributed by atoms with Gasteiger partial charge in [-0.15, -0.1) is 0 Å². The van der Waals surface area contributed by atoms with E-state index < -0.39 is 0 Å². The van der Waals surface area contributed by atoms with Crippen molar-refractivity contribution in [1.29, 1.82) is 5.26 Å². The molecule has 0 N–H and O–H groups in total. The van der Waals surface area contributed by atoms with Crippen LogP contribution in [0.2, 0.25) is 5.15 Å². The van der Waals surface area contributed by atoms with Gasteiger partial charge in [0.25, 0.3) is 0 Å². The van der Waals surface area contributed by atoms with E-state index in [1.165, 1.54) is 12.1 Å². The quantitative estimate of drug-likeness (QED) is 0.741. The third-order valence-electron chi connectivity index (χ3n) is 2.17. The van der Waals surface area contributed by atoms with Gasteiger partial charge in [-0.3, -0.25) is 0 Å². The first kappa shape index (κ1) is 12.0. The van der Waals surface area contributed by atoms with Crippen LogP contribution in [0, 0.1) is 17.1 Å². The van der Waals surface area contributed by atoms with E-state index >= 15 is 0 Å². The molecule has 0 radical (unpaired) electrons. The minimum atomic E-state index is -0.388. The lowest BCUT2D eigenvalue weighted by Gasteiger charge is -2.04. The minimum absolute atomic E-state index is 0.0735.